The molecule has 4 rings (SSSR count). The second-order valence-electron chi connectivity index (χ2n) is 6.63. The zero-order valence-electron chi connectivity index (χ0n) is 13.9. The zero-order chi connectivity index (χ0) is 16.5. The molecule has 2 aliphatic rings. The van der Waals surface area contributed by atoms with Crippen LogP contribution in [0.1, 0.15) is 41.3 Å². The topological polar surface area (TPSA) is 75.9 Å². The summed E-state index contributed by atoms with van der Waals surface area (Å²) in [6.45, 7) is 4.81. The van der Waals surface area contributed by atoms with E-state index in [1.807, 2.05) is 19.2 Å². The van der Waals surface area contributed by atoms with Gasteiger partial charge in [0.05, 0.1) is 5.69 Å². The SMILES string of the molecule is Cc1cn2c(n1)CCC(NC(=O)c1ccc(N3CCCC3)nn1)C2. The summed E-state index contributed by atoms with van der Waals surface area (Å²) in [5.41, 5.74) is 1.41. The van der Waals surface area contributed by atoms with Gasteiger partial charge in [-0.3, -0.25) is 4.79 Å². The molecule has 0 aromatic carbocycles. The fourth-order valence-corrected chi connectivity index (χ4v) is 3.52. The lowest BCUT2D eigenvalue weighted by Gasteiger charge is -2.24. The Balaban J connectivity index is 1.39. The predicted octanol–water partition coefficient (Wildman–Crippen LogP) is 1.33. The molecule has 0 saturated carbocycles. The fraction of sp³-hybridized carbons (Fsp3) is 0.529. The number of carbonyl (C=O) groups is 1. The third-order valence-electron chi connectivity index (χ3n) is 4.76. The average molecular weight is 326 g/mol. The standard InChI is InChI=1S/C17H22N6O/c1-12-10-23-11-13(4-6-15(23)18-12)19-17(24)14-5-7-16(21-20-14)22-8-2-3-9-22/h5,7,10,13H,2-4,6,8-9,11H2,1H3,(H,19,24). The van der Waals surface area contributed by atoms with Crippen molar-refractivity contribution in [1.82, 2.24) is 25.1 Å². The van der Waals surface area contributed by atoms with Crippen molar-refractivity contribution in [3.05, 3.63) is 35.5 Å². The molecule has 7 heteroatoms. The number of hydrogen-bond acceptors (Lipinski definition) is 5. The number of rotatable bonds is 3. The van der Waals surface area contributed by atoms with E-state index in [2.05, 4.69) is 30.0 Å². The summed E-state index contributed by atoms with van der Waals surface area (Å²) >= 11 is 0. The van der Waals surface area contributed by atoms with Crippen LogP contribution >= 0.6 is 0 Å². The van der Waals surface area contributed by atoms with Crippen LogP contribution in [0, 0.1) is 6.92 Å². The number of hydrogen-bond donors (Lipinski definition) is 1. The largest absolute Gasteiger partial charge is 0.355 e. The van der Waals surface area contributed by atoms with E-state index in [0.717, 1.165) is 49.8 Å². The van der Waals surface area contributed by atoms with Gasteiger partial charge in [-0.05, 0) is 38.3 Å². The van der Waals surface area contributed by atoms with E-state index in [1.54, 1.807) is 6.07 Å². The lowest BCUT2D eigenvalue weighted by atomic mass is 10.1. The second-order valence-corrected chi connectivity index (χ2v) is 6.63. The van der Waals surface area contributed by atoms with Crippen molar-refractivity contribution < 1.29 is 4.79 Å². The van der Waals surface area contributed by atoms with Crippen LogP contribution in [0.4, 0.5) is 5.82 Å². The normalized spacial score (nSPS) is 20.0. The molecule has 2 aromatic heterocycles. The summed E-state index contributed by atoms with van der Waals surface area (Å²) in [5.74, 6) is 1.81. The first kappa shape index (κ1) is 15.1. The molecule has 0 radical (unpaired) electrons. The van der Waals surface area contributed by atoms with Crippen LogP contribution in [0.3, 0.4) is 0 Å². The van der Waals surface area contributed by atoms with Gasteiger partial charge in [0.2, 0.25) is 0 Å². The van der Waals surface area contributed by atoms with Crippen molar-refractivity contribution in [2.24, 2.45) is 0 Å². The van der Waals surface area contributed by atoms with Gasteiger partial charge in [0.1, 0.15) is 5.82 Å². The minimum atomic E-state index is -0.152. The number of anilines is 1. The number of carbonyl (C=O) groups excluding carboxylic acids is 1. The van der Waals surface area contributed by atoms with Crippen molar-refractivity contribution in [2.75, 3.05) is 18.0 Å². The van der Waals surface area contributed by atoms with Crippen molar-refractivity contribution in [3.8, 4) is 0 Å². The van der Waals surface area contributed by atoms with E-state index in [9.17, 15) is 4.79 Å². The molecule has 1 fully saturated rings. The van der Waals surface area contributed by atoms with Crippen molar-refractivity contribution in [2.45, 2.75) is 45.2 Å². The zero-order valence-corrected chi connectivity index (χ0v) is 13.9. The molecular formula is C17H22N6O. The summed E-state index contributed by atoms with van der Waals surface area (Å²) in [7, 11) is 0. The van der Waals surface area contributed by atoms with Crippen molar-refractivity contribution >= 4 is 11.7 Å². The van der Waals surface area contributed by atoms with Crippen molar-refractivity contribution in [1.29, 1.82) is 0 Å². The third-order valence-corrected chi connectivity index (χ3v) is 4.76. The maximum Gasteiger partial charge on any atom is 0.272 e. The predicted molar refractivity (Wildman–Crippen MR) is 90.0 cm³/mol. The Labute approximate surface area is 141 Å². The fourth-order valence-electron chi connectivity index (χ4n) is 3.52. The molecule has 0 spiro atoms. The number of nitrogens with one attached hydrogen (secondary N) is 1. The summed E-state index contributed by atoms with van der Waals surface area (Å²) in [4.78, 5) is 19.1. The van der Waals surface area contributed by atoms with Gasteiger partial charge in [-0.15, -0.1) is 10.2 Å². The van der Waals surface area contributed by atoms with E-state index < -0.39 is 0 Å². The first-order valence-electron chi connectivity index (χ1n) is 8.61. The molecule has 0 aliphatic carbocycles. The van der Waals surface area contributed by atoms with Crippen LogP contribution < -0.4 is 10.2 Å². The van der Waals surface area contributed by atoms with Crippen molar-refractivity contribution in [3.63, 3.8) is 0 Å². The Morgan fingerprint density at radius 2 is 2.08 bits per heavy atom. The van der Waals surface area contributed by atoms with Gasteiger partial charge in [-0.2, -0.15) is 0 Å². The van der Waals surface area contributed by atoms with Gasteiger partial charge in [0, 0.05) is 38.3 Å². The smallest absolute Gasteiger partial charge is 0.272 e. The molecule has 1 saturated heterocycles. The highest BCUT2D eigenvalue weighted by atomic mass is 16.2. The molecule has 126 valence electrons. The van der Waals surface area contributed by atoms with Gasteiger partial charge >= 0.3 is 0 Å². The number of imidazole rings is 1. The third kappa shape index (κ3) is 2.98. The monoisotopic (exact) mass is 326 g/mol. The Morgan fingerprint density at radius 3 is 2.83 bits per heavy atom. The lowest BCUT2D eigenvalue weighted by Crippen LogP contribution is -2.41. The molecule has 4 heterocycles. The number of nitrogens with zero attached hydrogens (tertiary/aromatic N) is 5. The summed E-state index contributed by atoms with van der Waals surface area (Å²) < 4.78 is 2.13. The summed E-state index contributed by atoms with van der Waals surface area (Å²) in [6.07, 6.45) is 6.22. The molecule has 1 N–H and O–H groups in total. The van der Waals surface area contributed by atoms with Crippen LogP contribution in [-0.4, -0.2) is 44.8 Å². The van der Waals surface area contributed by atoms with Gasteiger partial charge in [-0.1, -0.05) is 0 Å². The summed E-state index contributed by atoms with van der Waals surface area (Å²) in [6, 6.07) is 3.77. The van der Waals surface area contributed by atoms with E-state index in [0.29, 0.717) is 5.69 Å². The first-order chi connectivity index (χ1) is 11.7. The van der Waals surface area contributed by atoms with E-state index in [4.69, 9.17) is 0 Å². The Bertz CT molecular complexity index is 732. The lowest BCUT2D eigenvalue weighted by molar-refractivity contribution is 0.0921. The van der Waals surface area contributed by atoms with Gasteiger partial charge in [0.25, 0.3) is 5.91 Å². The van der Waals surface area contributed by atoms with Crippen LogP contribution in [-0.2, 0) is 13.0 Å². The highest BCUT2D eigenvalue weighted by Gasteiger charge is 2.22. The maximum atomic E-state index is 12.4. The number of aromatic nitrogens is 4. The van der Waals surface area contributed by atoms with E-state index >= 15 is 0 Å². The minimum absolute atomic E-state index is 0.110. The number of aryl methyl sites for hydroxylation is 2. The molecule has 1 atom stereocenters. The van der Waals surface area contributed by atoms with Gasteiger partial charge in [0.15, 0.2) is 11.5 Å². The Kier molecular flexibility index (Phi) is 3.92. The van der Waals surface area contributed by atoms with Crippen LogP contribution in [0.2, 0.25) is 0 Å². The molecular weight excluding hydrogens is 304 g/mol. The number of amides is 1. The van der Waals surface area contributed by atoms with Crippen LogP contribution in [0.15, 0.2) is 18.3 Å². The average Bonchev–Trinajstić information content (AvgIpc) is 3.23. The van der Waals surface area contributed by atoms with Gasteiger partial charge in [-0.25, -0.2) is 4.98 Å². The molecule has 24 heavy (non-hydrogen) atoms. The highest BCUT2D eigenvalue weighted by molar-refractivity contribution is 5.92. The molecule has 0 bridgehead atoms. The quantitative estimate of drug-likeness (QED) is 0.921. The van der Waals surface area contributed by atoms with Gasteiger partial charge < -0.3 is 14.8 Å². The molecule has 7 nitrogen and oxygen atoms in total. The summed E-state index contributed by atoms with van der Waals surface area (Å²) in [5, 5.41) is 11.4. The van der Waals surface area contributed by atoms with Crippen LogP contribution in [0.5, 0.6) is 0 Å². The highest BCUT2D eigenvalue weighted by Crippen LogP contribution is 2.17. The minimum Gasteiger partial charge on any atom is -0.355 e. The second kappa shape index (κ2) is 6.22. The van der Waals surface area contributed by atoms with E-state index in [1.165, 1.54) is 12.8 Å². The maximum absolute atomic E-state index is 12.4. The molecule has 2 aliphatic heterocycles. The molecule has 1 amide bonds. The Morgan fingerprint density at radius 1 is 1.25 bits per heavy atom. The van der Waals surface area contributed by atoms with E-state index in [-0.39, 0.29) is 11.9 Å². The number of fused-ring (bicyclic) bond motifs is 1. The Hall–Kier alpha value is -2.44. The molecule has 1 unspecified atom stereocenters. The first-order valence-corrected chi connectivity index (χ1v) is 8.61. The molecule has 2 aromatic rings. The van der Waals surface area contributed by atoms with Crippen LogP contribution in [0.25, 0.3) is 0 Å².